The van der Waals surface area contributed by atoms with Gasteiger partial charge in [0.2, 0.25) is 0 Å². The van der Waals surface area contributed by atoms with Crippen LogP contribution in [0.3, 0.4) is 0 Å². The third-order valence-corrected chi connectivity index (χ3v) is 8.00. The van der Waals surface area contributed by atoms with Crippen molar-refractivity contribution in [2.45, 2.75) is 40.5 Å². The summed E-state index contributed by atoms with van der Waals surface area (Å²) in [5.74, 6) is 0.455. The first kappa shape index (κ1) is 26.4. The molecule has 4 heteroatoms. The molecule has 4 rings (SSSR count). The molecule has 0 radical (unpaired) electrons. The number of nitrogens with zero attached hydrogens (tertiary/aromatic N) is 1. The fraction of sp³-hybridized carbons (Fsp3) is 0.273. The molecule has 2 atom stereocenters. The number of thiophene rings is 1. The number of ether oxygens (including phenoxy) is 1. The van der Waals surface area contributed by atoms with E-state index in [-0.39, 0.29) is 5.97 Å². The molecule has 37 heavy (non-hydrogen) atoms. The minimum absolute atomic E-state index is 0.330. The summed E-state index contributed by atoms with van der Waals surface area (Å²) in [6.45, 7) is 8.98. The summed E-state index contributed by atoms with van der Waals surface area (Å²) in [5, 5.41) is 11.8. The van der Waals surface area contributed by atoms with Crippen LogP contribution in [0.5, 0.6) is 0 Å². The van der Waals surface area contributed by atoms with E-state index in [4.69, 9.17) is 4.74 Å². The van der Waals surface area contributed by atoms with Crippen molar-refractivity contribution in [3.8, 4) is 6.07 Å². The highest BCUT2D eigenvalue weighted by atomic mass is 32.1. The molecule has 1 heterocycles. The zero-order valence-electron chi connectivity index (χ0n) is 22.0. The van der Waals surface area contributed by atoms with Crippen molar-refractivity contribution in [3.05, 3.63) is 104 Å². The summed E-state index contributed by atoms with van der Waals surface area (Å²) in [7, 11) is 0. The first-order valence-corrected chi connectivity index (χ1v) is 13.8. The number of nitriles is 1. The van der Waals surface area contributed by atoms with Crippen molar-refractivity contribution in [2.24, 2.45) is 11.8 Å². The zero-order chi connectivity index (χ0) is 26.4. The zero-order valence-corrected chi connectivity index (χ0v) is 22.8. The van der Waals surface area contributed by atoms with Crippen LogP contribution in [0.15, 0.2) is 71.6 Å². The lowest BCUT2D eigenvalue weighted by Gasteiger charge is -2.26. The van der Waals surface area contributed by atoms with Crippen molar-refractivity contribution in [1.29, 1.82) is 5.26 Å². The van der Waals surface area contributed by atoms with Gasteiger partial charge in [0.05, 0.1) is 6.61 Å². The number of carbonyl (C=O) groups excluding carboxylic acids is 1. The number of benzene rings is 2. The van der Waals surface area contributed by atoms with Crippen molar-refractivity contribution in [1.82, 2.24) is 0 Å². The van der Waals surface area contributed by atoms with E-state index in [2.05, 4.69) is 75.4 Å². The molecule has 0 N–H and O–H groups in total. The average Bonchev–Trinajstić information content (AvgIpc) is 3.34. The van der Waals surface area contributed by atoms with Crippen LogP contribution in [-0.2, 0) is 16.0 Å². The largest absolute Gasteiger partial charge is 0.463 e. The van der Waals surface area contributed by atoms with Gasteiger partial charge in [0.1, 0.15) is 10.9 Å². The van der Waals surface area contributed by atoms with Gasteiger partial charge in [-0.2, -0.15) is 5.26 Å². The predicted octanol–water partition coefficient (Wildman–Crippen LogP) is 8.43. The first-order valence-electron chi connectivity index (χ1n) is 12.9. The number of hydrogen-bond acceptors (Lipinski definition) is 4. The molecule has 1 aliphatic carbocycles. The highest BCUT2D eigenvalue weighted by Crippen LogP contribution is 2.44. The topological polar surface area (TPSA) is 50.1 Å². The summed E-state index contributed by atoms with van der Waals surface area (Å²) in [4.78, 5) is 12.5. The molecule has 1 aromatic heterocycles. The van der Waals surface area contributed by atoms with Gasteiger partial charge in [-0.3, -0.25) is 0 Å². The molecule has 0 spiro atoms. The summed E-state index contributed by atoms with van der Waals surface area (Å²) in [5.41, 5.74) is 9.41. The molecule has 2 unspecified atom stereocenters. The van der Waals surface area contributed by atoms with Crippen LogP contribution in [0.25, 0.3) is 23.3 Å². The van der Waals surface area contributed by atoms with Gasteiger partial charge in [-0.25, -0.2) is 4.79 Å². The minimum atomic E-state index is -0.341. The SMILES string of the molecule is CCOC(=O)/C=C/c1ccc(/C(C2=Cc3ccccc3CC(C)C2C)=C(/CC)c2ccsc2C#N)cc1. The van der Waals surface area contributed by atoms with E-state index in [0.29, 0.717) is 18.4 Å². The van der Waals surface area contributed by atoms with Gasteiger partial charge in [-0.15, -0.1) is 11.3 Å². The highest BCUT2D eigenvalue weighted by Gasteiger charge is 2.27. The number of esters is 1. The highest BCUT2D eigenvalue weighted by molar-refractivity contribution is 7.10. The molecule has 0 fully saturated rings. The summed E-state index contributed by atoms with van der Waals surface area (Å²) >= 11 is 1.49. The Morgan fingerprint density at radius 1 is 1.11 bits per heavy atom. The van der Waals surface area contributed by atoms with Crippen LogP contribution in [-0.4, -0.2) is 12.6 Å². The maximum atomic E-state index is 11.8. The average molecular weight is 508 g/mol. The van der Waals surface area contributed by atoms with E-state index in [0.717, 1.165) is 34.4 Å². The number of rotatable bonds is 7. The molecule has 3 nitrogen and oxygen atoms in total. The lowest BCUT2D eigenvalue weighted by atomic mass is 9.78. The second-order valence-corrected chi connectivity index (χ2v) is 10.4. The van der Waals surface area contributed by atoms with Crippen molar-refractivity contribution in [2.75, 3.05) is 6.61 Å². The maximum absolute atomic E-state index is 11.8. The molecule has 3 aromatic rings. The van der Waals surface area contributed by atoms with Crippen molar-refractivity contribution in [3.63, 3.8) is 0 Å². The van der Waals surface area contributed by atoms with Crippen LogP contribution in [0, 0.1) is 23.2 Å². The smallest absolute Gasteiger partial charge is 0.330 e. The van der Waals surface area contributed by atoms with E-state index < -0.39 is 0 Å². The Morgan fingerprint density at radius 2 is 1.86 bits per heavy atom. The molecule has 1 aliphatic rings. The molecule has 188 valence electrons. The molecular weight excluding hydrogens is 474 g/mol. The standard InChI is InChI=1S/C33H33NO2S/c1-5-28(29-17-18-37-31(29)21-34)33(25-14-11-24(12-15-25)13-16-32(35)36-6-2)30-20-27-10-8-7-9-26(27)19-22(3)23(30)4/h7-18,20,22-23H,5-6,19H2,1-4H3/b16-13+,33-28+. The normalized spacial score (nSPS) is 17.9. The lowest BCUT2D eigenvalue weighted by molar-refractivity contribution is -0.137. The van der Waals surface area contributed by atoms with E-state index in [1.165, 1.54) is 45.3 Å². The number of carbonyl (C=O) groups is 1. The van der Waals surface area contributed by atoms with E-state index in [1.54, 1.807) is 13.0 Å². The van der Waals surface area contributed by atoms with Gasteiger partial charge >= 0.3 is 5.97 Å². The molecule has 0 aliphatic heterocycles. The predicted molar refractivity (Wildman–Crippen MR) is 155 cm³/mol. The van der Waals surface area contributed by atoms with Crippen molar-refractivity contribution >= 4 is 40.6 Å². The van der Waals surface area contributed by atoms with E-state index in [1.807, 2.05) is 17.5 Å². The summed E-state index contributed by atoms with van der Waals surface area (Å²) in [6.07, 6.45) is 7.45. The van der Waals surface area contributed by atoms with Gasteiger partial charge in [0.15, 0.2) is 0 Å². The van der Waals surface area contributed by atoms with Gasteiger partial charge in [-0.05, 0) is 88.1 Å². The monoisotopic (exact) mass is 507 g/mol. The van der Waals surface area contributed by atoms with Gasteiger partial charge in [-0.1, -0.05) is 75.4 Å². The summed E-state index contributed by atoms with van der Waals surface area (Å²) in [6, 6.07) is 21.5. The van der Waals surface area contributed by atoms with Crippen LogP contribution in [0.2, 0.25) is 0 Å². The molecule has 2 aromatic carbocycles. The Bertz CT molecular complexity index is 1400. The van der Waals surface area contributed by atoms with E-state index >= 15 is 0 Å². The Morgan fingerprint density at radius 3 is 2.57 bits per heavy atom. The lowest BCUT2D eigenvalue weighted by Crippen LogP contribution is -2.13. The van der Waals surface area contributed by atoms with Crippen LogP contribution < -0.4 is 0 Å². The van der Waals surface area contributed by atoms with Crippen LogP contribution in [0.1, 0.15) is 66.8 Å². The van der Waals surface area contributed by atoms with Gasteiger partial charge in [0.25, 0.3) is 0 Å². The number of fused-ring (bicyclic) bond motifs is 1. The quantitative estimate of drug-likeness (QED) is 0.238. The second-order valence-electron chi connectivity index (χ2n) is 9.46. The number of allylic oxidation sites excluding steroid dienone is 3. The van der Waals surface area contributed by atoms with E-state index in [9.17, 15) is 10.1 Å². The molecule has 0 amide bonds. The molecule has 0 bridgehead atoms. The van der Waals surface area contributed by atoms with Crippen molar-refractivity contribution < 1.29 is 9.53 Å². The van der Waals surface area contributed by atoms with Crippen LogP contribution >= 0.6 is 11.3 Å². The first-order chi connectivity index (χ1) is 18.0. The fourth-order valence-electron chi connectivity index (χ4n) is 5.06. The third-order valence-electron chi connectivity index (χ3n) is 7.19. The van der Waals surface area contributed by atoms with Gasteiger partial charge in [0, 0.05) is 11.6 Å². The van der Waals surface area contributed by atoms with Gasteiger partial charge < -0.3 is 4.74 Å². The Labute approximate surface area is 224 Å². The Hall–Kier alpha value is -3.68. The minimum Gasteiger partial charge on any atom is -0.463 e. The number of hydrogen-bond donors (Lipinski definition) is 0. The fourth-order valence-corrected chi connectivity index (χ4v) is 5.77. The Balaban J connectivity index is 1.91. The summed E-state index contributed by atoms with van der Waals surface area (Å²) < 4.78 is 5.01. The third kappa shape index (κ3) is 5.84. The van der Waals surface area contributed by atoms with Crippen LogP contribution in [0.4, 0.5) is 0 Å². The second kappa shape index (κ2) is 12.0. The Kier molecular flexibility index (Phi) is 8.58. The molecular formula is C33H33NO2S. The molecule has 0 saturated heterocycles. The maximum Gasteiger partial charge on any atom is 0.330 e. The molecule has 0 saturated carbocycles.